The zero-order chi connectivity index (χ0) is 23.1. The van der Waals surface area contributed by atoms with Crippen LogP contribution >= 0.6 is 23.4 Å². The van der Waals surface area contributed by atoms with Gasteiger partial charge in [-0.05, 0) is 61.5 Å². The lowest BCUT2D eigenvalue weighted by Gasteiger charge is -2.13. The van der Waals surface area contributed by atoms with E-state index in [4.69, 9.17) is 16.7 Å². The molecule has 3 amide bonds. The highest BCUT2D eigenvalue weighted by Crippen LogP contribution is 2.26. The largest absolute Gasteiger partial charge is 0.478 e. The molecule has 164 valence electrons. The Kier molecular flexibility index (Phi) is 7.75. The van der Waals surface area contributed by atoms with Crippen LogP contribution in [0.3, 0.4) is 0 Å². The lowest BCUT2D eigenvalue weighted by atomic mass is 10.2. The number of thioether (sulfide) groups is 1. The summed E-state index contributed by atoms with van der Waals surface area (Å²) in [5.74, 6) is -1.45. The van der Waals surface area contributed by atoms with Crippen LogP contribution in [0.25, 0.3) is 0 Å². The van der Waals surface area contributed by atoms with Crippen LogP contribution in [-0.4, -0.2) is 28.3 Å². The summed E-state index contributed by atoms with van der Waals surface area (Å²) in [7, 11) is 0. The van der Waals surface area contributed by atoms with Gasteiger partial charge in [0.05, 0.1) is 15.8 Å². The number of amides is 3. The molecule has 0 radical (unpaired) electrons. The number of hydrogen-bond donors (Lipinski definition) is 4. The number of urea groups is 1. The van der Waals surface area contributed by atoms with Gasteiger partial charge in [-0.3, -0.25) is 4.79 Å². The second-order valence-corrected chi connectivity index (χ2v) is 8.54. The average Bonchev–Trinajstić information content (AvgIpc) is 2.76. The Labute approximate surface area is 194 Å². The van der Waals surface area contributed by atoms with Crippen molar-refractivity contribution >= 4 is 58.3 Å². The van der Waals surface area contributed by atoms with Crippen molar-refractivity contribution in [1.29, 1.82) is 0 Å². The first-order valence-corrected chi connectivity index (χ1v) is 10.8. The molecule has 0 spiro atoms. The minimum absolute atomic E-state index is 0.0795. The Bertz CT molecular complexity index is 1120. The summed E-state index contributed by atoms with van der Waals surface area (Å²) in [6, 6.07) is 20.1. The van der Waals surface area contributed by atoms with Gasteiger partial charge in [0, 0.05) is 22.0 Å². The summed E-state index contributed by atoms with van der Waals surface area (Å²) >= 11 is 7.19. The molecule has 0 aliphatic rings. The molecular weight excluding hydrogens is 450 g/mol. The van der Waals surface area contributed by atoms with Crippen molar-refractivity contribution in [2.45, 2.75) is 17.1 Å². The summed E-state index contributed by atoms with van der Waals surface area (Å²) in [5.41, 5.74) is 1.58. The Morgan fingerprint density at radius 2 is 1.44 bits per heavy atom. The fourth-order valence-electron chi connectivity index (χ4n) is 2.70. The van der Waals surface area contributed by atoms with Gasteiger partial charge >= 0.3 is 12.0 Å². The van der Waals surface area contributed by atoms with Crippen LogP contribution in [0.5, 0.6) is 0 Å². The first-order chi connectivity index (χ1) is 15.3. The number of carbonyl (C=O) groups is 3. The van der Waals surface area contributed by atoms with Crippen molar-refractivity contribution in [3.8, 4) is 0 Å². The second-order valence-electron chi connectivity index (χ2n) is 6.72. The average molecular weight is 470 g/mol. The summed E-state index contributed by atoms with van der Waals surface area (Å²) in [6.45, 7) is 1.74. The number of nitrogens with one attached hydrogen (secondary N) is 3. The third-order valence-corrected chi connectivity index (χ3v) is 5.73. The van der Waals surface area contributed by atoms with E-state index >= 15 is 0 Å². The number of para-hydroxylation sites is 1. The molecular formula is C23H20ClN3O4S. The molecule has 32 heavy (non-hydrogen) atoms. The minimum Gasteiger partial charge on any atom is -0.478 e. The van der Waals surface area contributed by atoms with E-state index in [1.54, 1.807) is 49.4 Å². The normalized spacial score (nSPS) is 11.3. The highest BCUT2D eigenvalue weighted by atomic mass is 35.5. The molecule has 0 bridgehead atoms. The Morgan fingerprint density at radius 3 is 2.06 bits per heavy atom. The first kappa shape index (κ1) is 23.2. The Morgan fingerprint density at radius 1 is 0.844 bits per heavy atom. The predicted molar refractivity (Wildman–Crippen MR) is 128 cm³/mol. The van der Waals surface area contributed by atoms with Gasteiger partial charge < -0.3 is 21.1 Å². The third kappa shape index (κ3) is 6.50. The monoisotopic (exact) mass is 469 g/mol. The van der Waals surface area contributed by atoms with Gasteiger partial charge in [0.1, 0.15) is 0 Å². The summed E-state index contributed by atoms with van der Waals surface area (Å²) in [6.07, 6.45) is 0. The lowest BCUT2D eigenvalue weighted by molar-refractivity contribution is -0.115. The maximum atomic E-state index is 12.5. The van der Waals surface area contributed by atoms with E-state index in [0.29, 0.717) is 17.1 Å². The van der Waals surface area contributed by atoms with Gasteiger partial charge in [0.25, 0.3) is 0 Å². The number of benzene rings is 3. The van der Waals surface area contributed by atoms with Crippen LogP contribution < -0.4 is 16.0 Å². The van der Waals surface area contributed by atoms with Crippen molar-refractivity contribution in [2.75, 3.05) is 16.0 Å². The molecule has 9 heteroatoms. The van der Waals surface area contributed by atoms with Gasteiger partial charge in [-0.2, -0.15) is 0 Å². The zero-order valence-corrected chi connectivity index (χ0v) is 18.5. The van der Waals surface area contributed by atoms with Crippen LogP contribution in [-0.2, 0) is 4.79 Å². The van der Waals surface area contributed by atoms with Crippen LogP contribution in [0.2, 0.25) is 5.02 Å². The molecule has 4 N–H and O–H groups in total. The first-order valence-electron chi connectivity index (χ1n) is 9.55. The standard InChI is InChI=1S/C23H20ClN3O4S/c1-14(21(28)25-17-9-12-20(24)19(13-17)22(29)30)32-18-10-7-16(8-11-18)27-23(31)26-15-5-3-2-4-6-15/h2-14H,1H3,(H,25,28)(H,29,30)(H2,26,27,31). The van der Waals surface area contributed by atoms with Gasteiger partial charge in [-0.15, -0.1) is 11.8 Å². The fraction of sp³-hybridized carbons (Fsp3) is 0.0870. The van der Waals surface area contributed by atoms with Crippen LogP contribution in [0.4, 0.5) is 21.9 Å². The number of carboxylic acid groups (broad SMARTS) is 1. The minimum atomic E-state index is -1.17. The van der Waals surface area contributed by atoms with E-state index in [9.17, 15) is 14.4 Å². The molecule has 3 rings (SSSR count). The SMILES string of the molecule is CC(Sc1ccc(NC(=O)Nc2ccccc2)cc1)C(=O)Nc1ccc(Cl)c(C(=O)O)c1. The number of hydrogen-bond acceptors (Lipinski definition) is 4. The number of rotatable bonds is 7. The van der Waals surface area contributed by atoms with Crippen molar-refractivity contribution in [3.05, 3.63) is 83.4 Å². The molecule has 0 aromatic heterocycles. The van der Waals surface area contributed by atoms with Crippen molar-refractivity contribution in [2.24, 2.45) is 0 Å². The van der Waals surface area contributed by atoms with Gasteiger partial charge in [0.15, 0.2) is 0 Å². The van der Waals surface area contributed by atoms with Crippen molar-refractivity contribution in [1.82, 2.24) is 0 Å². The number of anilines is 3. The molecule has 0 aliphatic heterocycles. The highest BCUT2D eigenvalue weighted by Gasteiger charge is 2.16. The fourth-order valence-corrected chi connectivity index (χ4v) is 3.77. The third-order valence-electron chi connectivity index (χ3n) is 4.29. The molecule has 0 aliphatic carbocycles. The molecule has 1 unspecified atom stereocenters. The van der Waals surface area contributed by atoms with Crippen molar-refractivity contribution < 1.29 is 19.5 Å². The maximum absolute atomic E-state index is 12.5. The van der Waals surface area contributed by atoms with E-state index in [-0.39, 0.29) is 22.5 Å². The molecule has 0 saturated heterocycles. The summed E-state index contributed by atoms with van der Waals surface area (Å²) < 4.78 is 0. The zero-order valence-electron chi connectivity index (χ0n) is 17.0. The summed E-state index contributed by atoms with van der Waals surface area (Å²) in [5, 5.41) is 17.0. The van der Waals surface area contributed by atoms with Crippen LogP contribution in [0, 0.1) is 0 Å². The topological polar surface area (TPSA) is 108 Å². The van der Waals surface area contributed by atoms with E-state index in [2.05, 4.69) is 16.0 Å². The van der Waals surface area contributed by atoms with Crippen molar-refractivity contribution in [3.63, 3.8) is 0 Å². The van der Waals surface area contributed by atoms with Gasteiger partial charge in [0.2, 0.25) is 5.91 Å². The molecule has 3 aromatic carbocycles. The number of carbonyl (C=O) groups excluding carboxylic acids is 2. The van der Waals surface area contributed by atoms with Crippen LogP contribution in [0.15, 0.2) is 77.7 Å². The number of halogens is 1. The van der Waals surface area contributed by atoms with Gasteiger partial charge in [-0.1, -0.05) is 29.8 Å². The second kappa shape index (κ2) is 10.7. The molecule has 0 saturated carbocycles. The van der Waals surface area contributed by atoms with E-state index in [0.717, 1.165) is 4.90 Å². The molecule has 7 nitrogen and oxygen atoms in total. The van der Waals surface area contributed by atoms with E-state index in [1.165, 1.54) is 23.9 Å². The van der Waals surface area contributed by atoms with Crippen LogP contribution in [0.1, 0.15) is 17.3 Å². The van der Waals surface area contributed by atoms with Gasteiger partial charge in [-0.25, -0.2) is 9.59 Å². The van der Waals surface area contributed by atoms with E-state index < -0.39 is 11.2 Å². The molecule has 3 aromatic rings. The highest BCUT2D eigenvalue weighted by molar-refractivity contribution is 8.00. The lowest BCUT2D eigenvalue weighted by Crippen LogP contribution is -2.22. The Balaban J connectivity index is 1.54. The number of carboxylic acids is 1. The number of aromatic carboxylic acids is 1. The molecule has 1 atom stereocenters. The summed E-state index contributed by atoms with van der Waals surface area (Å²) in [4.78, 5) is 36.6. The van der Waals surface area contributed by atoms with E-state index in [1.807, 2.05) is 18.2 Å². The Hall–Kier alpha value is -3.49. The maximum Gasteiger partial charge on any atom is 0.337 e. The predicted octanol–water partition coefficient (Wildman–Crippen LogP) is 5.80. The smallest absolute Gasteiger partial charge is 0.337 e. The molecule has 0 heterocycles. The molecule has 0 fully saturated rings. The quantitative estimate of drug-likeness (QED) is 0.327.